The van der Waals surface area contributed by atoms with Crippen molar-refractivity contribution in [1.82, 2.24) is 20.1 Å². The normalized spacial score (nSPS) is 14.3. The molecule has 3 aromatic rings. The number of carbonyl (C=O) groups is 1. The van der Waals surface area contributed by atoms with Crippen molar-refractivity contribution in [2.75, 3.05) is 7.11 Å². The minimum Gasteiger partial charge on any atom is -0.497 e. The quantitative estimate of drug-likeness (QED) is 0.485. The third-order valence-corrected chi connectivity index (χ3v) is 6.89. The number of ether oxygens (including phenoxy) is 1. The van der Waals surface area contributed by atoms with E-state index in [1.165, 1.54) is 12.0 Å². The Morgan fingerprint density at radius 3 is 2.66 bits per heavy atom. The number of thioether (sulfide) groups is 1. The maximum Gasteiger partial charge on any atom is 0.223 e. The molecule has 6 nitrogen and oxygen atoms in total. The van der Waals surface area contributed by atoms with Gasteiger partial charge < -0.3 is 10.1 Å². The molecule has 1 amide bonds. The fourth-order valence-electron chi connectivity index (χ4n) is 4.05. The van der Waals surface area contributed by atoms with E-state index in [1.807, 2.05) is 22.8 Å². The summed E-state index contributed by atoms with van der Waals surface area (Å²) in [6, 6.07) is 16.3. The predicted octanol–water partition coefficient (Wildman–Crippen LogP) is 5.07. The molecule has 0 radical (unpaired) electrons. The molecule has 1 saturated carbocycles. The molecule has 0 saturated heterocycles. The van der Waals surface area contributed by atoms with Crippen molar-refractivity contribution in [3.05, 3.63) is 65.5 Å². The highest BCUT2D eigenvalue weighted by molar-refractivity contribution is 7.98. The Hall–Kier alpha value is -2.80. The van der Waals surface area contributed by atoms with Crippen LogP contribution < -0.4 is 10.1 Å². The van der Waals surface area contributed by atoms with Crippen LogP contribution in [-0.4, -0.2) is 27.8 Å². The second kappa shape index (κ2) is 10.7. The van der Waals surface area contributed by atoms with Crippen molar-refractivity contribution < 1.29 is 9.53 Å². The third-order valence-electron chi connectivity index (χ3n) is 5.89. The van der Waals surface area contributed by atoms with Gasteiger partial charge in [-0.15, -0.1) is 10.2 Å². The fraction of sp³-hybridized carbons (Fsp3) is 0.400. The zero-order valence-corrected chi connectivity index (χ0v) is 19.5. The summed E-state index contributed by atoms with van der Waals surface area (Å²) in [5.74, 6) is 2.59. The standard InChI is InChI=1S/C25H30N4O2S/c1-18-11-13-21(14-12-18)29-23(16-26-24(30)20-8-4-3-5-9-20)27-28-25(29)32-17-19-7-6-10-22(15-19)31-2/h6-7,10-15,20H,3-5,8-9,16-17H2,1-2H3,(H,26,30). The van der Waals surface area contributed by atoms with Gasteiger partial charge in [-0.2, -0.15) is 0 Å². The number of hydrogen-bond donors (Lipinski definition) is 1. The summed E-state index contributed by atoms with van der Waals surface area (Å²) in [6.07, 6.45) is 5.49. The number of aromatic nitrogens is 3. The van der Waals surface area contributed by atoms with Crippen LogP contribution in [-0.2, 0) is 17.1 Å². The van der Waals surface area contributed by atoms with Gasteiger partial charge >= 0.3 is 0 Å². The van der Waals surface area contributed by atoms with Crippen LogP contribution >= 0.6 is 11.8 Å². The highest BCUT2D eigenvalue weighted by atomic mass is 32.2. The van der Waals surface area contributed by atoms with Crippen molar-refractivity contribution in [2.24, 2.45) is 5.92 Å². The topological polar surface area (TPSA) is 69.0 Å². The first-order valence-electron chi connectivity index (χ1n) is 11.2. The average Bonchev–Trinajstić information content (AvgIpc) is 3.25. The first-order valence-corrected chi connectivity index (χ1v) is 12.2. The second-order valence-electron chi connectivity index (χ2n) is 8.26. The maximum absolute atomic E-state index is 12.7. The monoisotopic (exact) mass is 450 g/mol. The lowest BCUT2D eigenvalue weighted by atomic mass is 9.89. The summed E-state index contributed by atoms with van der Waals surface area (Å²) in [5.41, 5.74) is 3.34. The zero-order valence-electron chi connectivity index (χ0n) is 18.7. The molecule has 32 heavy (non-hydrogen) atoms. The molecule has 0 aliphatic heterocycles. The summed E-state index contributed by atoms with van der Waals surface area (Å²) in [5, 5.41) is 12.8. The van der Waals surface area contributed by atoms with E-state index in [0.717, 1.165) is 59.4 Å². The molecule has 1 aliphatic carbocycles. The van der Waals surface area contributed by atoms with Gasteiger partial charge in [0.15, 0.2) is 11.0 Å². The third kappa shape index (κ3) is 5.51. The lowest BCUT2D eigenvalue weighted by Gasteiger charge is -2.20. The van der Waals surface area contributed by atoms with E-state index < -0.39 is 0 Å². The Labute approximate surface area is 193 Å². The van der Waals surface area contributed by atoms with Crippen molar-refractivity contribution in [3.8, 4) is 11.4 Å². The molecule has 2 aromatic carbocycles. The molecule has 1 N–H and O–H groups in total. The van der Waals surface area contributed by atoms with E-state index in [1.54, 1.807) is 18.9 Å². The zero-order chi connectivity index (χ0) is 22.3. The second-order valence-corrected chi connectivity index (χ2v) is 9.21. The minimum atomic E-state index is 0.126. The number of carbonyl (C=O) groups excluding carboxylic acids is 1. The largest absolute Gasteiger partial charge is 0.497 e. The minimum absolute atomic E-state index is 0.126. The smallest absolute Gasteiger partial charge is 0.223 e. The number of aryl methyl sites for hydroxylation is 1. The van der Waals surface area contributed by atoms with Gasteiger partial charge in [0.25, 0.3) is 0 Å². The Morgan fingerprint density at radius 2 is 1.91 bits per heavy atom. The molecule has 1 heterocycles. The SMILES string of the molecule is COc1cccc(CSc2nnc(CNC(=O)C3CCCCC3)n2-c2ccc(C)cc2)c1. The van der Waals surface area contributed by atoms with E-state index in [-0.39, 0.29) is 11.8 Å². The van der Waals surface area contributed by atoms with Crippen LogP contribution in [0.2, 0.25) is 0 Å². The molecule has 0 spiro atoms. The Bertz CT molecular complexity index is 1040. The van der Waals surface area contributed by atoms with E-state index in [0.29, 0.717) is 6.54 Å². The fourth-order valence-corrected chi connectivity index (χ4v) is 4.96. The maximum atomic E-state index is 12.7. The number of amides is 1. The number of rotatable bonds is 8. The van der Waals surface area contributed by atoms with Crippen LogP contribution in [0.25, 0.3) is 5.69 Å². The van der Waals surface area contributed by atoms with Crippen molar-refractivity contribution in [3.63, 3.8) is 0 Å². The van der Waals surface area contributed by atoms with Crippen LogP contribution in [0, 0.1) is 12.8 Å². The Balaban J connectivity index is 1.52. The van der Waals surface area contributed by atoms with Gasteiger partial charge in [-0.05, 0) is 49.6 Å². The van der Waals surface area contributed by atoms with E-state index in [4.69, 9.17) is 4.74 Å². The van der Waals surface area contributed by atoms with Gasteiger partial charge in [0.05, 0.1) is 13.7 Å². The molecule has 0 unspecified atom stereocenters. The molecule has 0 atom stereocenters. The molecular weight excluding hydrogens is 420 g/mol. The highest BCUT2D eigenvalue weighted by Gasteiger charge is 2.22. The summed E-state index contributed by atoms with van der Waals surface area (Å²) in [4.78, 5) is 12.7. The molecular formula is C25H30N4O2S. The van der Waals surface area contributed by atoms with Gasteiger partial charge in [0.1, 0.15) is 5.75 Å². The molecule has 7 heteroatoms. The number of nitrogens with one attached hydrogen (secondary N) is 1. The first-order chi connectivity index (χ1) is 15.6. The van der Waals surface area contributed by atoms with E-state index in [2.05, 4.69) is 52.8 Å². The summed E-state index contributed by atoms with van der Waals surface area (Å²) in [7, 11) is 1.67. The van der Waals surface area contributed by atoms with Gasteiger partial charge in [0, 0.05) is 17.4 Å². The van der Waals surface area contributed by atoms with E-state index in [9.17, 15) is 4.79 Å². The van der Waals surface area contributed by atoms with Crippen molar-refractivity contribution in [1.29, 1.82) is 0 Å². The molecule has 4 rings (SSSR count). The van der Waals surface area contributed by atoms with Crippen LogP contribution in [0.3, 0.4) is 0 Å². The first kappa shape index (κ1) is 22.4. The van der Waals surface area contributed by atoms with Gasteiger partial charge in [-0.1, -0.05) is 60.9 Å². The number of benzene rings is 2. The van der Waals surface area contributed by atoms with Gasteiger partial charge in [-0.25, -0.2) is 0 Å². The summed E-state index contributed by atoms with van der Waals surface area (Å²) in [6.45, 7) is 2.44. The number of hydrogen-bond acceptors (Lipinski definition) is 5. The summed E-state index contributed by atoms with van der Waals surface area (Å²) >= 11 is 1.62. The lowest BCUT2D eigenvalue weighted by Crippen LogP contribution is -2.32. The lowest BCUT2D eigenvalue weighted by molar-refractivity contribution is -0.126. The number of nitrogens with zero attached hydrogens (tertiary/aromatic N) is 3. The van der Waals surface area contributed by atoms with E-state index >= 15 is 0 Å². The van der Waals surface area contributed by atoms with Crippen LogP contribution in [0.4, 0.5) is 0 Å². The van der Waals surface area contributed by atoms with Crippen LogP contribution in [0.1, 0.15) is 49.1 Å². The summed E-state index contributed by atoms with van der Waals surface area (Å²) < 4.78 is 7.38. The predicted molar refractivity (Wildman–Crippen MR) is 127 cm³/mol. The van der Waals surface area contributed by atoms with Gasteiger partial charge in [-0.3, -0.25) is 9.36 Å². The highest BCUT2D eigenvalue weighted by Crippen LogP contribution is 2.27. The van der Waals surface area contributed by atoms with Gasteiger partial charge in [0.2, 0.25) is 5.91 Å². The van der Waals surface area contributed by atoms with Crippen molar-refractivity contribution >= 4 is 17.7 Å². The van der Waals surface area contributed by atoms with Crippen LogP contribution in [0.5, 0.6) is 5.75 Å². The molecule has 0 bridgehead atoms. The number of methoxy groups -OCH3 is 1. The Morgan fingerprint density at radius 1 is 1.12 bits per heavy atom. The van der Waals surface area contributed by atoms with Crippen molar-refractivity contribution in [2.45, 2.75) is 56.5 Å². The van der Waals surface area contributed by atoms with Crippen LogP contribution in [0.15, 0.2) is 53.7 Å². The average molecular weight is 451 g/mol. The molecule has 1 aliphatic rings. The molecule has 1 aromatic heterocycles. The molecule has 168 valence electrons. The molecule has 1 fully saturated rings. The Kier molecular flexibility index (Phi) is 7.47.